The van der Waals surface area contributed by atoms with Gasteiger partial charge in [0.1, 0.15) is 5.75 Å². The molecule has 3 N–H and O–H groups in total. The van der Waals surface area contributed by atoms with E-state index in [1.807, 2.05) is 31.2 Å². The number of amides is 2. The maximum Gasteiger partial charge on any atom is 0.341 e. The second kappa shape index (κ2) is 9.43. The number of halogens is 1. The second-order valence-corrected chi connectivity index (χ2v) is 5.61. The van der Waals surface area contributed by atoms with Crippen LogP contribution in [0.5, 0.6) is 5.75 Å². The quantitative estimate of drug-likeness (QED) is 0.509. The standard InChI is InChI=1S/C18H18ClN3O4/c1-2-13-5-3-4-6-15(13)21-18(25)22-20-10-12-7-8-16(14(19)9-12)26-11-17(23)24/h3-10H,2,11H2,1H3,(H,23,24)(H2,21,22,25)/b20-10+. The zero-order valence-corrected chi connectivity index (χ0v) is 14.8. The normalized spacial score (nSPS) is 10.5. The molecule has 2 aromatic carbocycles. The zero-order chi connectivity index (χ0) is 18.9. The molecule has 0 aliphatic heterocycles. The van der Waals surface area contributed by atoms with Gasteiger partial charge >= 0.3 is 12.0 Å². The molecule has 0 aromatic heterocycles. The van der Waals surface area contributed by atoms with Gasteiger partial charge in [-0.15, -0.1) is 0 Å². The summed E-state index contributed by atoms with van der Waals surface area (Å²) in [4.78, 5) is 22.4. The van der Waals surface area contributed by atoms with Gasteiger partial charge in [-0.1, -0.05) is 36.7 Å². The van der Waals surface area contributed by atoms with Crippen molar-refractivity contribution in [3.05, 3.63) is 58.6 Å². The lowest BCUT2D eigenvalue weighted by Crippen LogP contribution is -2.24. The number of nitrogens with zero attached hydrogens (tertiary/aromatic N) is 1. The van der Waals surface area contributed by atoms with Crippen LogP contribution in [0.15, 0.2) is 47.6 Å². The highest BCUT2D eigenvalue weighted by atomic mass is 35.5. The Morgan fingerprint density at radius 3 is 2.73 bits per heavy atom. The minimum Gasteiger partial charge on any atom is -0.480 e. The van der Waals surface area contributed by atoms with E-state index in [1.54, 1.807) is 12.1 Å². The van der Waals surface area contributed by atoms with Gasteiger partial charge in [-0.25, -0.2) is 15.0 Å². The number of rotatable bonds is 7. The van der Waals surface area contributed by atoms with Crippen LogP contribution in [0.4, 0.5) is 10.5 Å². The van der Waals surface area contributed by atoms with Crippen molar-refractivity contribution in [2.75, 3.05) is 11.9 Å². The van der Waals surface area contributed by atoms with Crippen molar-refractivity contribution in [1.29, 1.82) is 0 Å². The number of carboxylic acid groups (broad SMARTS) is 1. The van der Waals surface area contributed by atoms with Crippen LogP contribution in [-0.2, 0) is 11.2 Å². The number of carbonyl (C=O) groups excluding carboxylic acids is 1. The van der Waals surface area contributed by atoms with E-state index < -0.39 is 18.6 Å². The first kappa shape index (κ1) is 19.3. The lowest BCUT2D eigenvalue weighted by atomic mass is 10.1. The summed E-state index contributed by atoms with van der Waals surface area (Å²) in [5.41, 5.74) is 4.74. The Morgan fingerprint density at radius 2 is 2.04 bits per heavy atom. The zero-order valence-electron chi connectivity index (χ0n) is 14.0. The summed E-state index contributed by atoms with van der Waals surface area (Å²) >= 11 is 6.02. The van der Waals surface area contributed by atoms with Gasteiger partial charge in [0, 0.05) is 5.69 Å². The molecular weight excluding hydrogens is 358 g/mol. The molecule has 0 unspecified atom stereocenters. The summed E-state index contributed by atoms with van der Waals surface area (Å²) in [5, 5.41) is 15.4. The lowest BCUT2D eigenvalue weighted by molar-refractivity contribution is -0.139. The minimum absolute atomic E-state index is 0.247. The van der Waals surface area contributed by atoms with Crippen LogP contribution in [0.25, 0.3) is 0 Å². The summed E-state index contributed by atoms with van der Waals surface area (Å²) in [7, 11) is 0. The van der Waals surface area contributed by atoms with Gasteiger partial charge in [0.05, 0.1) is 11.2 Å². The van der Waals surface area contributed by atoms with Crippen molar-refractivity contribution < 1.29 is 19.4 Å². The number of aryl methyl sites for hydroxylation is 1. The monoisotopic (exact) mass is 375 g/mol. The van der Waals surface area contributed by atoms with Crippen LogP contribution in [0, 0.1) is 0 Å². The predicted molar refractivity (Wildman–Crippen MR) is 100 cm³/mol. The summed E-state index contributed by atoms with van der Waals surface area (Å²) in [6, 6.07) is 11.8. The molecule has 0 radical (unpaired) electrons. The summed E-state index contributed by atoms with van der Waals surface area (Å²) in [6.45, 7) is 1.53. The van der Waals surface area contributed by atoms with Gasteiger partial charge in [-0.05, 0) is 41.8 Å². The van der Waals surface area contributed by atoms with Crippen LogP contribution >= 0.6 is 11.6 Å². The fourth-order valence-electron chi connectivity index (χ4n) is 2.12. The van der Waals surface area contributed by atoms with Gasteiger partial charge < -0.3 is 15.2 Å². The van der Waals surface area contributed by atoms with Crippen molar-refractivity contribution in [2.45, 2.75) is 13.3 Å². The van der Waals surface area contributed by atoms with E-state index in [1.165, 1.54) is 12.3 Å². The van der Waals surface area contributed by atoms with E-state index >= 15 is 0 Å². The molecule has 8 heteroatoms. The fraction of sp³-hybridized carbons (Fsp3) is 0.167. The van der Waals surface area contributed by atoms with Crippen molar-refractivity contribution in [2.24, 2.45) is 5.10 Å². The number of hydrogen-bond acceptors (Lipinski definition) is 4. The molecule has 0 aliphatic carbocycles. The summed E-state index contributed by atoms with van der Waals surface area (Å²) in [6.07, 6.45) is 2.21. The Morgan fingerprint density at radius 1 is 1.27 bits per heavy atom. The number of aliphatic carboxylic acids is 1. The minimum atomic E-state index is -1.09. The highest BCUT2D eigenvalue weighted by Gasteiger charge is 2.06. The molecule has 0 bridgehead atoms. The third kappa shape index (κ3) is 5.78. The van der Waals surface area contributed by atoms with Gasteiger partial charge in [0.25, 0.3) is 0 Å². The molecule has 0 saturated carbocycles. The number of urea groups is 1. The number of carbonyl (C=O) groups is 2. The van der Waals surface area contributed by atoms with E-state index in [2.05, 4.69) is 15.8 Å². The summed E-state index contributed by atoms with van der Waals surface area (Å²) in [5.74, 6) is -0.834. The maximum absolute atomic E-state index is 11.9. The van der Waals surface area contributed by atoms with Gasteiger partial charge in [0.2, 0.25) is 0 Å². The molecule has 7 nitrogen and oxygen atoms in total. The van der Waals surface area contributed by atoms with E-state index in [4.69, 9.17) is 21.4 Å². The number of ether oxygens (including phenoxy) is 1. The topological polar surface area (TPSA) is 100 Å². The smallest absolute Gasteiger partial charge is 0.341 e. The molecule has 136 valence electrons. The van der Waals surface area contributed by atoms with E-state index in [0.717, 1.165) is 17.7 Å². The van der Waals surface area contributed by atoms with Crippen molar-refractivity contribution >= 4 is 35.5 Å². The second-order valence-electron chi connectivity index (χ2n) is 5.21. The largest absolute Gasteiger partial charge is 0.480 e. The Hall–Kier alpha value is -3.06. The van der Waals surface area contributed by atoms with Crippen molar-refractivity contribution in [3.63, 3.8) is 0 Å². The molecule has 0 spiro atoms. The number of para-hydroxylation sites is 1. The van der Waals surface area contributed by atoms with Crippen LogP contribution in [-0.4, -0.2) is 29.9 Å². The van der Waals surface area contributed by atoms with Crippen molar-refractivity contribution in [3.8, 4) is 5.75 Å². The third-order valence-electron chi connectivity index (χ3n) is 3.33. The number of anilines is 1. The average Bonchev–Trinajstić information content (AvgIpc) is 2.61. The number of hydrogen-bond donors (Lipinski definition) is 3. The number of carboxylic acids is 1. The van der Waals surface area contributed by atoms with Crippen LogP contribution in [0.3, 0.4) is 0 Å². The highest BCUT2D eigenvalue weighted by Crippen LogP contribution is 2.24. The number of nitrogens with one attached hydrogen (secondary N) is 2. The van der Waals surface area contributed by atoms with E-state index in [-0.39, 0.29) is 10.8 Å². The first-order chi connectivity index (χ1) is 12.5. The fourth-order valence-corrected chi connectivity index (χ4v) is 2.36. The predicted octanol–water partition coefficient (Wildman–Crippen LogP) is 3.52. The molecule has 2 rings (SSSR count). The number of hydrazone groups is 1. The summed E-state index contributed by atoms with van der Waals surface area (Å²) < 4.78 is 5.03. The molecule has 26 heavy (non-hydrogen) atoms. The van der Waals surface area contributed by atoms with Gasteiger partial charge in [0.15, 0.2) is 6.61 Å². The van der Waals surface area contributed by atoms with Crippen LogP contribution in [0.1, 0.15) is 18.1 Å². The molecule has 0 fully saturated rings. The highest BCUT2D eigenvalue weighted by molar-refractivity contribution is 6.32. The Bertz CT molecular complexity index is 824. The Balaban J connectivity index is 1.92. The Labute approximate surface area is 155 Å². The molecular formula is C18H18ClN3O4. The first-order valence-corrected chi connectivity index (χ1v) is 8.19. The third-order valence-corrected chi connectivity index (χ3v) is 3.63. The first-order valence-electron chi connectivity index (χ1n) is 7.81. The number of benzene rings is 2. The van der Waals surface area contributed by atoms with Crippen LogP contribution in [0.2, 0.25) is 5.02 Å². The van der Waals surface area contributed by atoms with Crippen LogP contribution < -0.4 is 15.5 Å². The van der Waals surface area contributed by atoms with Gasteiger partial charge in [-0.3, -0.25) is 0 Å². The average molecular weight is 376 g/mol. The Kier molecular flexibility index (Phi) is 6.99. The SMILES string of the molecule is CCc1ccccc1NC(=O)N/N=C/c1ccc(OCC(=O)O)c(Cl)c1. The molecule has 0 atom stereocenters. The lowest BCUT2D eigenvalue weighted by Gasteiger charge is -2.08. The maximum atomic E-state index is 11.9. The molecule has 0 aliphatic rings. The molecule has 2 aromatic rings. The molecule has 2 amide bonds. The van der Waals surface area contributed by atoms with E-state index in [0.29, 0.717) is 5.56 Å². The van der Waals surface area contributed by atoms with Crippen molar-refractivity contribution in [1.82, 2.24) is 5.43 Å². The molecule has 0 saturated heterocycles. The molecule has 0 heterocycles. The van der Waals surface area contributed by atoms with E-state index in [9.17, 15) is 9.59 Å². The van der Waals surface area contributed by atoms with Gasteiger partial charge in [-0.2, -0.15) is 5.10 Å².